The summed E-state index contributed by atoms with van der Waals surface area (Å²) in [5.41, 5.74) is 4.67. The van der Waals surface area contributed by atoms with Gasteiger partial charge in [0.15, 0.2) is 5.78 Å². The molecule has 1 saturated carbocycles. The van der Waals surface area contributed by atoms with Gasteiger partial charge in [-0.25, -0.2) is 4.68 Å². The molecule has 2 aromatic heterocycles. The van der Waals surface area contributed by atoms with Crippen molar-refractivity contribution in [3.05, 3.63) is 76.9 Å². The van der Waals surface area contributed by atoms with Gasteiger partial charge in [-0.3, -0.25) is 9.78 Å². The highest BCUT2D eigenvalue weighted by Gasteiger charge is 2.38. The van der Waals surface area contributed by atoms with E-state index in [2.05, 4.69) is 49.1 Å². The Morgan fingerprint density at radius 2 is 1.82 bits per heavy atom. The van der Waals surface area contributed by atoms with Crippen LogP contribution in [0.4, 0.5) is 0 Å². The predicted octanol–water partition coefficient (Wildman–Crippen LogP) is 5.67. The van der Waals surface area contributed by atoms with Crippen LogP contribution in [0.1, 0.15) is 79.3 Å². The van der Waals surface area contributed by atoms with Crippen molar-refractivity contribution in [2.24, 2.45) is 0 Å². The Balaban J connectivity index is 1.41. The third-order valence-electron chi connectivity index (χ3n) is 7.61. The topological polar surface area (TPSA) is 90.0 Å². The van der Waals surface area contributed by atoms with Crippen molar-refractivity contribution in [2.75, 3.05) is 20.3 Å². The molecule has 0 radical (unpaired) electrons. The van der Waals surface area contributed by atoms with Gasteiger partial charge in [-0.1, -0.05) is 39.0 Å². The van der Waals surface area contributed by atoms with Crippen LogP contribution in [0.5, 0.6) is 0 Å². The number of ketones is 1. The monoisotopic (exact) mass is 514 g/mol. The summed E-state index contributed by atoms with van der Waals surface area (Å²) in [7, 11) is 1.66. The quantitative estimate of drug-likeness (QED) is 0.270. The third kappa shape index (κ3) is 6.03. The summed E-state index contributed by atoms with van der Waals surface area (Å²) in [6.07, 6.45) is 6.83. The minimum absolute atomic E-state index is 0.00155. The summed E-state index contributed by atoms with van der Waals surface area (Å²) in [6.45, 7) is 9.63. The van der Waals surface area contributed by atoms with E-state index in [-0.39, 0.29) is 23.7 Å². The highest BCUT2D eigenvalue weighted by Crippen LogP contribution is 2.39. The molecule has 3 aromatic rings. The Labute approximate surface area is 225 Å². The summed E-state index contributed by atoms with van der Waals surface area (Å²) in [6, 6.07) is 14.7. The lowest BCUT2D eigenvalue weighted by molar-refractivity contribution is -0.00750. The number of hydrogen-bond donors (Lipinski definition) is 0. The zero-order chi connectivity index (χ0) is 27.3. The van der Waals surface area contributed by atoms with Gasteiger partial charge in [-0.05, 0) is 67.3 Å². The molecule has 1 aliphatic rings. The van der Waals surface area contributed by atoms with Crippen LogP contribution in [-0.2, 0) is 26.7 Å². The number of methoxy groups -OCH3 is 1. The molecule has 4 rings (SSSR count). The fourth-order valence-electron chi connectivity index (χ4n) is 5.11. The molecule has 0 N–H and O–H groups in total. The number of hydrogen-bond acceptors (Lipinski definition) is 6. The second kappa shape index (κ2) is 11.6. The van der Waals surface area contributed by atoms with Crippen molar-refractivity contribution in [1.82, 2.24) is 14.8 Å². The first-order chi connectivity index (χ1) is 18.2. The van der Waals surface area contributed by atoms with Gasteiger partial charge in [0, 0.05) is 19.7 Å². The summed E-state index contributed by atoms with van der Waals surface area (Å²) in [4.78, 5) is 17.8. The highest BCUT2D eigenvalue weighted by atomic mass is 16.5. The summed E-state index contributed by atoms with van der Waals surface area (Å²) >= 11 is 0. The first-order valence-corrected chi connectivity index (χ1v) is 13.3. The number of nitriles is 1. The first-order valence-electron chi connectivity index (χ1n) is 13.3. The van der Waals surface area contributed by atoms with Crippen LogP contribution < -0.4 is 0 Å². The highest BCUT2D eigenvalue weighted by molar-refractivity contribution is 5.98. The average molecular weight is 515 g/mol. The number of benzene rings is 1. The minimum Gasteiger partial charge on any atom is -0.382 e. The van der Waals surface area contributed by atoms with E-state index in [4.69, 9.17) is 9.47 Å². The zero-order valence-corrected chi connectivity index (χ0v) is 23.2. The lowest BCUT2D eigenvalue weighted by Gasteiger charge is -2.34. The number of rotatable bonds is 9. The lowest BCUT2D eigenvalue weighted by Crippen LogP contribution is -2.34. The molecule has 0 atom stereocenters. The van der Waals surface area contributed by atoms with E-state index in [1.54, 1.807) is 19.5 Å². The van der Waals surface area contributed by atoms with Crippen molar-refractivity contribution >= 4 is 5.78 Å². The van der Waals surface area contributed by atoms with Gasteiger partial charge in [0.1, 0.15) is 0 Å². The standard InChI is InChI=1S/C31H38N4O3/c1-22-27(20-34-35(22)25-9-7-24(8-10-25)30(2,3)4)28(36)18-23-6-11-29(33-19-23)31(21-32)14-12-26(13-15-31)38-17-16-37-5/h6-11,19-20,26H,12-18H2,1-5H3. The van der Waals surface area contributed by atoms with E-state index in [1.807, 2.05) is 35.9 Å². The van der Waals surface area contributed by atoms with E-state index < -0.39 is 5.41 Å². The summed E-state index contributed by atoms with van der Waals surface area (Å²) in [5.74, 6) is -0.00155. The second-order valence-corrected chi connectivity index (χ2v) is 11.3. The molecule has 0 amide bonds. The molecule has 0 aliphatic heterocycles. The van der Waals surface area contributed by atoms with Crippen LogP contribution in [0, 0.1) is 18.3 Å². The maximum absolute atomic E-state index is 13.2. The van der Waals surface area contributed by atoms with Crippen molar-refractivity contribution in [1.29, 1.82) is 5.26 Å². The van der Waals surface area contributed by atoms with E-state index >= 15 is 0 Å². The van der Waals surface area contributed by atoms with Gasteiger partial charge >= 0.3 is 0 Å². The number of pyridine rings is 1. The van der Waals surface area contributed by atoms with Gasteiger partial charge < -0.3 is 9.47 Å². The van der Waals surface area contributed by atoms with E-state index in [1.165, 1.54) is 5.56 Å². The Bertz CT molecular complexity index is 1270. The average Bonchev–Trinajstić information content (AvgIpc) is 3.30. The van der Waals surface area contributed by atoms with Gasteiger partial charge in [-0.2, -0.15) is 10.4 Å². The second-order valence-electron chi connectivity index (χ2n) is 11.3. The number of Topliss-reactive ketones (excluding diaryl/α,β-unsaturated/α-hetero) is 1. The van der Waals surface area contributed by atoms with Crippen molar-refractivity contribution in [3.8, 4) is 11.8 Å². The SMILES string of the molecule is COCCOC1CCC(C#N)(c2ccc(CC(=O)c3cnn(-c4ccc(C(C)(C)C)cc4)c3C)cn2)CC1. The van der Waals surface area contributed by atoms with Gasteiger partial charge in [0.25, 0.3) is 0 Å². The Kier molecular flexibility index (Phi) is 8.44. The Morgan fingerprint density at radius 1 is 1.11 bits per heavy atom. The molecular formula is C31H38N4O3. The Morgan fingerprint density at radius 3 is 2.39 bits per heavy atom. The molecule has 7 heteroatoms. The maximum atomic E-state index is 13.2. The van der Waals surface area contributed by atoms with Crippen LogP contribution in [0.25, 0.3) is 5.69 Å². The molecule has 0 spiro atoms. The smallest absolute Gasteiger partial charge is 0.170 e. The van der Waals surface area contributed by atoms with Crippen LogP contribution in [0.2, 0.25) is 0 Å². The molecule has 2 heterocycles. The Hall–Kier alpha value is -3.34. The van der Waals surface area contributed by atoms with Gasteiger partial charge in [-0.15, -0.1) is 0 Å². The van der Waals surface area contributed by atoms with Crippen LogP contribution >= 0.6 is 0 Å². The number of ether oxygens (including phenoxy) is 2. The van der Waals surface area contributed by atoms with Gasteiger partial charge in [0.2, 0.25) is 0 Å². The van der Waals surface area contributed by atoms with Crippen molar-refractivity contribution in [3.63, 3.8) is 0 Å². The molecule has 1 aromatic carbocycles. The molecule has 0 unspecified atom stereocenters. The molecule has 7 nitrogen and oxygen atoms in total. The van der Waals surface area contributed by atoms with Crippen LogP contribution in [0.15, 0.2) is 48.8 Å². The molecule has 200 valence electrons. The molecule has 0 saturated heterocycles. The number of aromatic nitrogens is 3. The van der Waals surface area contributed by atoms with E-state index in [0.29, 0.717) is 31.6 Å². The van der Waals surface area contributed by atoms with E-state index in [9.17, 15) is 10.1 Å². The predicted molar refractivity (Wildman–Crippen MR) is 147 cm³/mol. The lowest BCUT2D eigenvalue weighted by atomic mass is 9.71. The first kappa shape index (κ1) is 27.7. The minimum atomic E-state index is -0.607. The van der Waals surface area contributed by atoms with Crippen LogP contribution in [0.3, 0.4) is 0 Å². The third-order valence-corrected chi connectivity index (χ3v) is 7.61. The normalized spacial score (nSPS) is 19.7. The molecule has 1 fully saturated rings. The van der Waals surface area contributed by atoms with E-state index in [0.717, 1.165) is 35.5 Å². The number of carbonyl (C=O) groups is 1. The largest absolute Gasteiger partial charge is 0.382 e. The summed E-state index contributed by atoms with van der Waals surface area (Å²) in [5, 5.41) is 14.5. The fourth-order valence-corrected chi connectivity index (χ4v) is 5.11. The molecule has 0 bridgehead atoms. The number of carbonyl (C=O) groups excluding carboxylic acids is 1. The van der Waals surface area contributed by atoms with Crippen molar-refractivity contribution in [2.45, 2.75) is 76.7 Å². The fraction of sp³-hybridized carbons (Fsp3) is 0.484. The maximum Gasteiger partial charge on any atom is 0.170 e. The molecule has 1 aliphatic carbocycles. The van der Waals surface area contributed by atoms with Crippen LogP contribution in [-0.4, -0.2) is 47.0 Å². The zero-order valence-electron chi connectivity index (χ0n) is 23.2. The molecular weight excluding hydrogens is 476 g/mol. The number of nitrogens with zero attached hydrogens (tertiary/aromatic N) is 4. The molecule has 38 heavy (non-hydrogen) atoms. The van der Waals surface area contributed by atoms with Gasteiger partial charge in [0.05, 0.1) is 59.6 Å². The van der Waals surface area contributed by atoms with Crippen molar-refractivity contribution < 1.29 is 14.3 Å². The summed E-state index contributed by atoms with van der Waals surface area (Å²) < 4.78 is 12.7.